The van der Waals surface area contributed by atoms with E-state index in [1.165, 1.54) is 0 Å². The predicted molar refractivity (Wildman–Crippen MR) is 110 cm³/mol. The van der Waals surface area contributed by atoms with Gasteiger partial charge in [0.1, 0.15) is 0 Å². The number of rotatable bonds is 7. The predicted octanol–water partition coefficient (Wildman–Crippen LogP) is 4.47. The second kappa shape index (κ2) is 8.23. The lowest BCUT2D eigenvalue weighted by molar-refractivity contribution is 0.279. The first kappa shape index (κ1) is 21.1. The average Bonchev–Trinajstić information content (AvgIpc) is 2.51. The number of sulfonamides is 1. The molecule has 1 atom stereocenters. The van der Waals surface area contributed by atoms with Gasteiger partial charge >= 0.3 is 0 Å². The Kier molecular flexibility index (Phi) is 6.68. The molecule has 2 aromatic carbocycles. The molecule has 7 heteroatoms. The van der Waals surface area contributed by atoms with Crippen LogP contribution in [0.15, 0.2) is 47.4 Å². The standard InChI is InChI=1S/C19H26ClNO3SSi/c1-14-5-10-19(25(21,22)23)18(11-14)16(13-24-26(2,3)4)12-15-6-8-17(20)9-7-15/h5-11,16H,12-13H2,1-4H3,(H2,21,22,23)/t16-/m1/s1. The summed E-state index contributed by atoms with van der Waals surface area (Å²) in [6.45, 7) is 8.73. The molecule has 0 spiro atoms. The second-order valence-electron chi connectivity index (χ2n) is 7.54. The lowest BCUT2D eigenvalue weighted by atomic mass is 9.91. The van der Waals surface area contributed by atoms with Crippen molar-refractivity contribution in [3.63, 3.8) is 0 Å². The summed E-state index contributed by atoms with van der Waals surface area (Å²) < 4.78 is 30.3. The van der Waals surface area contributed by atoms with Gasteiger partial charge in [0, 0.05) is 17.5 Å². The first-order chi connectivity index (χ1) is 12.0. The molecule has 2 rings (SSSR count). The third kappa shape index (κ3) is 6.21. The van der Waals surface area contributed by atoms with Crippen LogP contribution < -0.4 is 5.14 Å². The molecule has 0 aliphatic heterocycles. The SMILES string of the molecule is Cc1ccc(S(N)(=O)=O)c([C@@H](CO[Si](C)(C)C)Cc2ccc(Cl)cc2)c1. The van der Waals surface area contributed by atoms with Gasteiger partial charge < -0.3 is 4.43 Å². The van der Waals surface area contributed by atoms with Crippen molar-refractivity contribution in [1.82, 2.24) is 0 Å². The van der Waals surface area contributed by atoms with Crippen molar-refractivity contribution in [2.45, 2.75) is 43.8 Å². The number of hydrogen-bond acceptors (Lipinski definition) is 3. The van der Waals surface area contributed by atoms with Crippen molar-refractivity contribution >= 4 is 29.9 Å². The van der Waals surface area contributed by atoms with E-state index in [2.05, 4.69) is 19.6 Å². The molecule has 142 valence electrons. The van der Waals surface area contributed by atoms with E-state index in [4.69, 9.17) is 21.2 Å². The molecule has 0 saturated carbocycles. The van der Waals surface area contributed by atoms with Crippen LogP contribution in [0.1, 0.15) is 22.6 Å². The van der Waals surface area contributed by atoms with Crippen molar-refractivity contribution in [2.24, 2.45) is 5.14 Å². The Morgan fingerprint density at radius 1 is 1.12 bits per heavy atom. The lowest BCUT2D eigenvalue weighted by Gasteiger charge is -2.25. The molecule has 0 heterocycles. The van der Waals surface area contributed by atoms with E-state index in [1.54, 1.807) is 12.1 Å². The van der Waals surface area contributed by atoms with E-state index in [0.29, 0.717) is 23.6 Å². The second-order valence-corrected chi connectivity index (χ2v) is 14.0. The minimum absolute atomic E-state index is 0.115. The Labute approximate surface area is 162 Å². The van der Waals surface area contributed by atoms with Gasteiger partial charge in [-0.15, -0.1) is 0 Å². The van der Waals surface area contributed by atoms with Crippen LogP contribution in [-0.2, 0) is 20.9 Å². The number of nitrogens with two attached hydrogens (primary N) is 1. The third-order valence-corrected chi connectivity index (χ3v) is 6.29. The third-order valence-electron chi connectivity index (χ3n) is 4.02. The molecule has 0 fully saturated rings. The van der Waals surface area contributed by atoms with Crippen LogP contribution in [-0.4, -0.2) is 23.3 Å². The van der Waals surface area contributed by atoms with Gasteiger partial charge in [-0.2, -0.15) is 0 Å². The number of benzene rings is 2. The van der Waals surface area contributed by atoms with Gasteiger partial charge in [-0.3, -0.25) is 0 Å². The van der Waals surface area contributed by atoms with Crippen LogP contribution in [0, 0.1) is 6.92 Å². The van der Waals surface area contributed by atoms with Gasteiger partial charge in [0.05, 0.1) is 4.90 Å². The maximum Gasteiger partial charge on any atom is 0.238 e. The highest BCUT2D eigenvalue weighted by Crippen LogP contribution is 2.29. The maximum absolute atomic E-state index is 12.1. The highest BCUT2D eigenvalue weighted by atomic mass is 35.5. The largest absolute Gasteiger partial charge is 0.417 e. The maximum atomic E-state index is 12.1. The Balaban J connectivity index is 2.46. The quantitative estimate of drug-likeness (QED) is 0.683. The summed E-state index contributed by atoms with van der Waals surface area (Å²) in [6, 6.07) is 12.8. The zero-order chi connectivity index (χ0) is 19.5. The van der Waals surface area contributed by atoms with Crippen molar-refractivity contribution in [1.29, 1.82) is 0 Å². The number of primary sulfonamides is 1. The summed E-state index contributed by atoms with van der Waals surface area (Å²) in [5.41, 5.74) is 2.77. The molecule has 26 heavy (non-hydrogen) atoms. The number of aryl methyl sites for hydroxylation is 1. The van der Waals surface area contributed by atoms with E-state index in [0.717, 1.165) is 11.1 Å². The molecule has 0 bridgehead atoms. The summed E-state index contributed by atoms with van der Waals surface area (Å²) in [4.78, 5) is 0.168. The van der Waals surface area contributed by atoms with Gasteiger partial charge in [-0.05, 0) is 62.3 Å². The Hall–Kier alpha value is -1.18. The summed E-state index contributed by atoms with van der Waals surface area (Å²) in [5.74, 6) is -0.115. The smallest absolute Gasteiger partial charge is 0.238 e. The van der Waals surface area contributed by atoms with Crippen LogP contribution in [0.25, 0.3) is 0 Å². The number of halogens is 1. The molecule has 0 aliphatic rings. The molecule has 2 N–H and O–H groups in total. The molecule has 0 aliphatic carbocycles. The van der Waals surface area contributed by atoms with E-state index < -0.39 is 18.3 Å². The Bertz CT molecular complexity index is 861. The highest BCUT2D eigenvalue weighted by Gasteiger charge is 2.24. The van der Waals surface area contributed by atoms with Crippen molar-refractivity contribution < 1.29 is 12.8 Å². The molecular formula is C19H26ClNO3SSi. The summed E-state index contributed by atoms with van der Waals surface area (Å²) in [6.07, 6.45) is 0.646. The molecule has 0 amide bonds. The van der Waals surface area contributed by atoms with Gasteiger partial charge in [-0.25, -0.2) is 13.6 Å². The zero-order valence-corrected chi connectivity index (χ0v) is 18.2. The zero-order valence-electron chi connectivity index (χ0n) is 15.6. The van der Waals surface area contributed by atoms with E-state index in [1.807, 2.05) is 37.3 Å². The molecule has 0 unspecified atom stereocenters. The van der Waals surface area contributed by atoms with Gasteiger partial charge in [-0.1, -0.05) is 41.4 Å². The molecule has 2 aromatic rings. The summed E-state index contributed by atoms with van der Waals surface area (Å²) in [5, 5.41) is 6.13. The first-order valence-electron chi connectivity index (χ1n) is 8.47. The van der Waals surface area contributed by atoms with E-state index in [-0.39, 0.29) is 10.8 Å². The average molecular weight is 412 g/mol. The van der Waals surface area contributed by atoms with Crippen LogP contribution in [0.4, 0.5) is 0 Å². The highest BCUT2D eigenvalue weighted by molar-refractivity contribution is 7.89. The topological polar surface area (TPSA) is 69.4 Å². The molecule has 0 saturated heterocycles. The Morgan fingerprint density at radius 3 is 2.27 bits per heavy atom. The lowest BCUT2D eigenvalue weighted by Crippen LogP contribution is -2.29. The number of hydrogen-bond donors (Lipinski definition) is 1. The van der Waals surface area contributed by atoms with Crippen LogP contribution >= 0.6 is 11.6 Å². The summed E-state index contributed by atoms with van der Waals surface area (Å²) in [7, 11) is -5.57. The molecule has 4 nitrogen and oxygen atoms in total. The van der Waals surface area contributed by atoms with Crippen LogP contribution in [0.2, 0.25) is 24.7 Å². The fourth-order valence-corrected chi connectivity index (χ4v) is 4.40. The molecule has 0 aromatic heterocycles. The van der Waals surface area contributed by atoms with Crippen molar-refractivity contribution in [2.75, 3.05) is 6.61 Å². The fourth-order valence-electron chi connectivity index (χ4n) is 2.76. The minimum Gasteiger partial charge on any atom is -0.417 e. The first-order valence-corrected chi connectivity index (χ1v) is 13.8. The van der Waals surface area contributed by atoms with Gasteiger partial charge in [0.15, 0.2) is 8.32 Å². The Morgan fingerprint density at radius 2 is 1.73 bits per heavy atom. The summed E-state index contributed by atoms with van der Waals surface area (Å²) >= 11 is 5.98. The molecule has 0 radical (unpaired) electrons. The van der Waals surface area contributed by atoms with Crippen LogP contribution in [0.3, 0.4) is 0 Å². The van der Waals surface area contributed by atoms with Gasteiger partial charge in [0.25, 0.3) is 0 Å². The fraction of sp³-hybridized carbons (Fsp3) is 0.368. The van der Waals surface area contributed by atoms with E-state index >= 15 is 0 Å². The van der Waals surface area contributed by atoms with Crippen molar-refractivity contribution in [3.05, 3.63) is 64.2 Å². The van der Waals surface area contributed by atoms with E-state index in [9.17, 15) is 8.42 Å². The molecular weight excluding hydrogens is 386 g/mol. The van der Waals surface area contributed by atoms with Crippen molar-refractivity contribution in [3.8, 4) is 0 Å². The van der Waals surface area contributed by atoms with Crippen LogP contribution in [0.5, 0.6) is 0 Å². The normalized spacial score (nSPS) is 13.6. The van der Waals surface area contributed by atoms with Gasteiger partial charge in [0.2, 0.25) is 10.0 Å². The minimum atomic E-state index is -3.81. The monoisotopic (exact) mass is 411 g/mol.